The molecular weight excluding hydrogens is 210 g/mol. The van der Waals surface area contributed by atoms with E-state index in [1.165, 1.54) is 37.8 Å². The number of nitrogens with zero attached hydrogens (tertiary/aromatic N) is 2. The van der Waals surface area contributed by atoms with E-state index in [4.69, 9.17) is 5.73 Å². The molecule has 0 aromatic carbocycles. The average Bonchev–Trinajstić information content (AvgIpc) is 2.76. The van der Waals surface area contributed by atoms with Crippen molar-refractivity contribution in [3.05, 3.63) is 18.0 Å². The van der Waals surface area contributed by atoms with Gasteiger partial charge < -0.3 is 5.73 Å². The summed E-state index contributed by atoms with van der Waals surface area (Å²) in [4.78, 5) is 0. The lowest BCUT2D eigenvalue weighted by atomic mass is 9.76. The minimum absolute atomic E-state index is 0.334. The van der Waals surface area contributed by atoms with Gasteiger partial charge in [0.05, 0.1) is 0 Å². The molecule has 0 fully saturated rings. The smallest absolute Gasteiger partial charge is 0.0492 e. The molecule has 1 heterocycles. The maximum absolute atomic E-state index is 6.01. The van der Waals surface area contributed by atoms with Crippen LogP contribution in [0.4, 0.5) is 0 Å². The average molecular weight is 237 g/mol. The number of aryl methyl sites for hydroxylation is 2. The van der Waals surface area contributed by atoms with E-state index in [2.05, 4.69) is 25.0 Å². The Morgan fingerprint density at radius 1 is 1.35 bits per heavy atom. The molecule has 0 amide bonds. The van der Waals surface area contributed by atoms with Crippen molar-refractivity contribution < 1.29 is 0 Å². The van der Waals surface area contributed by atoms with Gasteiger partial charge in [0.15, 0.2) is 0 Å². The van der Waals surface area contributed by atoms with Crippen LogP contribution < -0.4 is 5.73 Å². The minimum atomic E-state index is 0.334. The molecule has 0 radical (unpaired) electrons. The summed E-state index contributed by atoms with van der Waals surface area (Å²) >= 11 is 0. The molecular formula is C14H27N3. The highest BCUT2D eigenvalue weighted by molar-refractivity contribution is 5.01. The second-order valence-electron chi connectivity index (χ2n) is 5.11. The SMILES string of the molecule is CCCCC(CC)(CN)CCc1ccnn1C. The van der Waals surface area contributed by atoms with Crippen LogP contribution in [0.2, 0.25) is 0 Å². The summed E-state index contributed by atoms with van der Waals surface area (Å²) < 4.78 is 1.97. The predicted molar refractivity (Wildman–Crippen MR) is 72.8 cm³/mol. The Morgan fingerprint density at radius 3 is 2.59 bits per heavy atom. The number of aromatic nitrogens is 2. The standard InChI is InChI=1S/C14H27N3/c1-4-6-9-14(5-2,12-15)10-7-13-8-11-16-17(13)3/h8,11H,4-7,9-10,12,15H2,1-3H3. The summed E-state index contributed by atoms with van der Waals surface area (Å²) in [7, 11) is 2.01. The molecule has 1 rings (SSSR count). The van der Waals surface area contributed by atoms with Crippen LogP contribution in [0, 0.1) is 5.41 Å². The number of unbranched alkanes of at least 4 members (excludes halogenated alkanes) is 1. The number of hydrogen-bond donors (Lipinski definition) is 1. The van der Waals surface area contributed by atoms with Gasteiger partial charge in [-0.2, -0.15) is 5.10 Å². The van der Waals surface area contributed by atoms with E-state index >= 15 is 0 Å². The molecule has 3 nitrogen and oxygen atoms in total. The van der Waals surface area contributed by atoms with Crippen LogP contribution in [0.15, 0.2) is 12.3 Å². The minimum Gasteiger partial charge on any atom is -0.330 e. The van der Waals surface area contributed by atoms with E-state index in [-0.39, 0.29) is 0 Å². The second kappa shape index (κ2) is 6.80. The fourth-order valence-corrected chi connectivity index (χ4v) is 2.42. The van der Waals surface area contributed by atoms with Gasteiger partial charge >= 0.3 is 0 Å². The maximum Gasteiger partial charge on any atom is 0.0492 e. The molecule has 0 aliphatic heterocycles. The predicted octanol–water partition coefficient (Wildman–Crippen LogP) is 2.90. The van der Waals surface area contributed by atoms with Gasteiger partial charge in [0.25, 0.3) is 0 Å². The lowest BCUT2D eigenvalue weighted by Crippen LogP contribution is -2.30. The Bertz CT molecular complexity index is 313. The van der Waals surface area contributed by atoms with E-state index in [0.717, 1.165) is 13.0 Å². The van der Waals surface area contributed by atoms with E-state index in [1.54, 1.807) is 0 Å². The molecule has 0 bridgehead atoms. The zero-order valence-corrected chi connectivity index (χ0v) is 11.6. The first-order valence-electron chi connectivity index (χ1n) is 6.84. The molecule has 0 saturated heterocycles. The van der Waals surface area contributed by atoms with Crippen molar-refractivity contribution in [1.82, 2.24) is 9.78 Å². The summed E-state index contributed by atoms with van der Waals surface area (Å²) in [6.45, 7) is 5.32. The van der Waals surface area contributed by atoms with Crippen molar-refractivity contribution >= 4 is 0 Å². The van der Waals surface area contributed by atoms with Crippen LogP contribution in [0.25, 0.3) is 0 Å². The number of hydrogen-bond acceptors (Lipinski definition) is 2. The molecule has 1 aromatic heterocycles. The highest BCUT2D eigenvalue weighted by Gasteiger charge is 2.25. The zero-order valence-electron chi connectivity index (χ0n) is 11.6. The molecule has 98 valence electrons. The van der Waals surface area contributed by atoms with Crippen molar-refractivity contribution in [3.63, 3.8) is 0 Å². The Kier molecular flexibility index (Phi) is 5.69. The lowest BCUT2D eigenvalue weighted by molar-refractivity contribution is 0.231. The van der Waals surface area contributed by atoms with Crippen molar-refractivity contribution in [2.45, 2.75) is 52.4 Å². The van der Waals surface area contributed by atoms with E-state index < -0.39 is 0 Å². The molecule has 1 atom stereocenters. The molecule has 1 aromatic rings. The van der Waals surface area contributed by atoms with Crippen LogP contribution in [-0.2, 0) is 13.5 Å². The normalized spacial score (nSPS) is 14.8. The fourth-order valence-electron chi connectivity index (χ4n) is 2.42. The van der Waals surface area contributed by atoms with Gasteiger partial charge in [0.1, 0.15) is 0 Å². The molecule has 3 heteroatoms. The first kappa shape index (κ1) is 14.2. The summed E-state index contributed by atoms with van der Waals surface area (Å²) in [6, 6.07) is 2.11. The lowest BCUT2D eigenvalue weighted by Gasteiger charge is -2.31. The third-order valence-electron chi connectivity index (χ3n) is 4.08. The number of rotatable bonds is 8. The zero-order chi connectivity index (χ0) is 12.7. The van der Waals surface area contributed by atoms with Gasteiger partial charge in [0, 0.05) is 18.9 Å². The fraction of sp³-hybridized carbons (Fsp3) is 0.786. The molecule has 0 aliphatic rings. The molecule has 0 saturated carbocycles. The third-order valence-corrected chi connectivity index (χ3v) is 4.08. The van der Waals surface area contributed by atoms with Gasteiger partial charge in [-0.05, 0) is 43.7 Å². The van der Waals surface area contributed by atoms with E-state index in [1.807, 2.05) is 17.9 Å². The number of nitrogens with two attached hydrogens (primary N) is 1. The molecule has 17 heavy (non-hydrogen) atoms. The van der Waals surface area contributed by atoms with Crippen molar-refractivity contribution in [1.29, 1.82) is 0 Å². The van der Waals surface area contributed by atoms with E-state index in [9.17, 15) is 0 Å². The van der Waals surface area contributed by atoms with Gasteiger partial charge in [0.2, 0.25) is 0 Å². The summed E-state index contributed by atoms with van der Waals surface area (Å²) in [5.41, 5.74) is 7.66. The first-order valence-corrected chi connectivity index (χ1v) is 6.84. The topological polar surface area (TPSA) is 43.8 Å². The molecule has 1 unspecified atom stereocenters. The monoisotopic (exact) mass is 237 g/mol. The molecule has 2 N–H and O–H groups in total. The summed E-state index contributed by atoms with van der Waals surface area (Å²) in [5.74, 6) is 0. The first-order chi connectivity index (χ1) is 8.17. The Labute approximate surface area is 105 Å². The Hall–Kier alpha value is -0.830. The van der Waals surface area contributed by atoms with Gasteiger partial charge in [-0.1, -0.05) is 26.7 Å². The molecule has 0 aliphatic carbocycles. The van der Waals surface area contributed by atoms with Crippen LogP contribution in [0.1, 0.15) is 51.6 Å². The van der Waals surface area contributed by atoms with Gasteiger partial charge in [-0.25, -0.2) is 0 Å². The van der Waals surface area contributed by atoms with E-state index in [0.29, 0.717) is 5.41 Å². The Morgan fingerprint density at radius 2 is 2.12 bits per heavy atom. The second-order valence-corrected chi connectivity index (χ2v) is 5.11. The Balaban J connectivity index is 2.57. The summed E-state index contributed by atoms with van der Waals surface area (Å²) in [6.07, 6.45) is 9.13. The van der Waals surface area contributed by atoms with Crippen molar-refractivity contribution in [2.75, 3.05) is 6.54 Å². The quantitative estimate of drug-likeness (QED) is 0.755. The highest BCUT2D eigenvalue weighted by atomic mass is 15.2. The summed E-state index contributed by atoms with van der Waals surface area (Å²) in [5, 5.41) is 4.22. The van der Waals surface area contributed by atoms with Crippen LogP contribution >= 0.6 is 0 Å². The van der Waals surface area contributed by atoms with Crippen LogP contribution in [-0.4, -0.2) is 16.3 Å². The van der Waals surface area contributed by atoms with Gasteiger partial charge in [-0.3, -0.25) is 4.68 Å². The van der Waals surface area contributed by atoms with Gasteiger partial charge in [-0.15, -0.1) is 0 Å². The largest absolute Gasteiger partial charge is 0.330 e. The maximum atomic E-state index is 6.01. The van der Waals surface area contributed by atoms with Crippen LogP contribution in [0.5, 0.6) is 0 Å². The van der Waals surface area contributed by atoms with Crippen molar-refractivity contribution in [2.24, 2.45) is 18.2 Å². The van der Waals surface area contributed by atoms with Crippen LogP contribution in [0.3, 0.4) is 0 Å². The highest BCUT2D eigenvalue weighted by Crippen LogP contribution is 2.32. The third kappa shape index (κ3) is 3.84. The van der Waals surface area contributed by atoms with Crippen molar-refractivity contribution in [3.8, 4) is 0 Å². The molecule has 0 spiro atoms.